The summed E-state index contributed by atoms with van der Waals surface area (Å²) in [6.07, 6.45) is 0.636. The predicted octanol–water partition coefficient (Wildman–Crippen LogP) is 1.62. The summed E-state index contributed by atoms with van der Waals surface area (Å²) < 4.78 is 12.7. The fraction of sp³-hybridized carbons (Fsp3) is 0.538. The highest BCUT2D eigenvalue weighted by Crippen LogP contribution is 2.13. The molecule has 3 nitrogen and oxygen atoms in total. The largest absolute Gasteiger partial charge is 0.390 e. The normalized spacial score (nSPS) is 12.5. The molecule has 96 valence electrons. The van der Waals surface area contributed by atoms with Crippen LogP contribution in [0.15, 0.2) is 24.3 Å². The number of aliphatic hydroxyl groups excluding tert-OH is 1. The van der Waals surface area contributed by atoms with Gasteiger partial charge >= 0.3 is 0 Å². The van der Waals surface area contributed by atoms with Crippen molar-refractivity contribution in [2.24, 2.45) is 0 Å². The lowest BCUT2D eigenvalue weighted by molar-refractivity contribution is 0.178. The average Bonchev–Trinajstić information content (AvgIpc) is 2.30. The van der Waals surface area contributed by atoms with Crippen molar-refractivity contribution in [1.82, 2.24) is 5.32 Å². The third kappa shape index (κ3) is 5.15. The van der Waals surface area contributed by atoms with Crippen molar-refractivity contribution in [3.63, 3.8) is 0 Å². The Bertz CT molecular complexity index is 316. The SMILES string of the molecule is CCCNCC(O)CN(C)c1ccc(F)cc1. The summed E-state index contributed by atoms with van der Waals surface area (Å²) in [6.45, 7) is 4.11. The van der Waals surface area contributed by atoms with Gasteiger partial charge in [0.2, 0.25) is 0 Å². The summed E-state index contributed by atoms with van der Waals surface area (Å²) in [5.74, 6) is -0.243. The van der Waals surface area contributed by atoms with Crippen molar-refractivity contribution in [3.05, 3.63) is 30.1 Å². The Kier molecular flexibility index (Phi) is 5.94. The molecule has 0 aliphatic carbocycles. The second-order valence-electron chi connectivity index (χ2n) is 4.21. The van der Waals surface area contributed by atoms with Crippen molar-refractivity contribution < 1.29 is 9.50 Å². The topological polar surface area (TPSA) is 35.5 Å². The van der Waals surface area contributed by atoms with Crippen LogP contribution in [0.1, 0.15) is 13.3 Å². The van der Waals surface area contributed by atoms with Gasteiger partial charge in [0.05, 0.1) is 6.10 Å². The zero-order valence-electron chi connectivity index (χ0n) is 10.5. The number of hydrogen-bond donors (Lipinski definition) is 2. The molecule has 1 atom stereocenters. The molecule has 0 aliphatic rings. The predicted molar refractivity (Wildman–Crippen MR) is 68.8 cm³/mol. The van der Waals surface area contributed by atoms with Crippen LogP contribution in [0.3, 0.4) is 0 Å². The first-order valence-electron chi connectivity index (χ1n) is 5.99. The average molecular weight is 240 g/mol. The molecule has 1 aromatic rings. The van der Waals surface area contributed by atoms with Crippen LogP contribution in [0.5, 0.6) is 0 Å². The van der Waals surface area contributed by atoms with Crippen LogP contribution in [0.4, 0.5) is 10.1 Å². The molecule has 2 N–H and O–H groups in total. The van der Waals surface area contributed by atoms with Crippen LogP contribution in [-0.2, 0) is 0 Å². The zero-order valence-corrected chi connectivity index (χ0v) is 10.5. The van der Waals surface area contributed by atoms with Crippen LogP contribution in [0, 0.1) is 5.82 Å². The number of aliphatic hydroxyl groups is 1. The molecular weight excluding hydrogens is 219 g/mol. The van der Waals surface area contributed by atoms with Gasteiger partial charge in [0.15, 0.2) is 0 Å². The summed E-state index contributed by atoms with van der Waals surface area (Å²) in [5, 5.41) is 12.9. The van der Waals surface area contributed by atoms with Crippen LogP contribution >= 0.6 is 0 Å². The molecule has 1 unspecified atom stereocenters. The smallest absolute Gasteiger partial charge is 0.123 e. The van der Waals surface area contributed by atoms with Gasteiger partial charge in [-0.3, -0.25) is 0 Å². The first-order chi connectivity index (χ1) is 8.13. The first-order valence-corrected chi connectivity index (χ1v) is 5.99. The molecule has 17 heavy (non-hydrogen) atoms. The van der Waals surface area contributed by atoms with E-state index in [4.69, 9.17) is 0 Å². The third-order valence-corrected chi connectivity index (χ3v) is 2.56. The van der Waals surface area contributed by atoms with Crippen LogP contribution in [0.2, 0.25) is 0 Å². The minimum Gasteiger partial charge on any atom is -0.390 e. The molecule has 0 saturated heterocycles. The summed E-state index contributed by atoms with van der Waals surface area (Å²) in [5.41, 5.74) is 0.904. The van der Waals surface area contributed by atoms with E-state index >= 15 is 0 Å². The lowest BCUT2D eigenvalue weighted by Crippen LogP contribution is -2.36. The van der Waals surface area contributed by atoms with E-state index in [1.54, 1.807) is 12.1 Å². The highest BCUT2D eigenvalue weighted by Gasteiger charge is 2.08. The fourth-order valence-electron chi connectivity index (χ4n) is 1.63. The zero-order chi connectivity index (χ0) is 12.7. The molecule has 0 spiro atoms. The van der Waals surface area contributed by atoms with Crippen molar-refractivity contribution in [2.45, 2.75) is 19.4 Å². The molecule has 0 heterocycles. The second-order valence-corrected chi connectivity index (χ2v) is 4.21. The van der Waals surface area contributed by atoms with E-state index in [-0.39, 0.29) is 5.82 Å². The van der Waals surface area contributed by atoms with Gasteiger partial charge in [0.1, 0.15) is 5.82 Å². The van der Waals surface area contributed by atoms with Gasteiger partial charge in [-0.25, -0.2) is 4.39 Å². The molecule has 1 rings (SSSR count). The number of nitrogens with zero attached hydrogens (tertiary/aromatic N) is 1. The number of benzene rings is 1. The molecule has 0 amide bonds. The number of halogens is 1. The van der Waals surface area contributed by atoms with Crippen molar-refractivity contribution in [1.29, 1.82) is 0 Å². The second kappa shape index (κ2) is 7.25. The Morgan fingerprint density at radius 2 is 2.00 bits per heavy atom. The van der Waals surface area contributed by atoms with Crippen molar-refractivity contribution in [2.75, 3.05) is 31.6 Å². The van der Waals surface area contributed by atoms with Gasteiger partial charge in [0.25, 0.3) is 0 Å². The number of rotatable bonds is 7. The highest BCUT2D eigenvalue weighted by atomic mass is 19.1. The van der Waals surface area contributed by atoms with Crippen molar-refractivity contribution in [3.8, 4) is 0 Å². The number of anilines is 1. The van der Waals surface area contributed by atoms with Crippen LogP contribution in [0.25, 0.3) is 0 Å². The lowest BCUT2D eigenvalue weighted by Gasteiger charge is -2.23. The van der Waals surface area contributed by atoms with Gasteiger partial charge in [-0.1, -0.05) is 6.92 Å². The Balaban J connectivity index is 2.37. The quantitative estimate of drug-likeness (QED) is 0.711. The van der Waals surface area contributed by atoms with Crippen LogP contribution < -0.4 is 10.2 Å². The van der Waals surface area contributed by atoms with Gasteiger partial charge in [-0.2, -0.15) is 0 Å². The molecule has 4 heteroatoms. The molecular formula is C13H21FN2O. The fourth-order valence-corrected chi connectivity index (χ4v) is 1.63. The van der Waals surface area contributed by atoms with E-state index in [0.29, 0.717) is 13.1 Å². The van der Waals surface area contributed by atoms with E-state index in [0.717, 1.165) is 18.7 Å². The summed E-state index contributed by atoms with van der Waals surface area (Å²) >= 11 is 0. The monoisotopic (exact) mass is 240 g/mol. The van der Waals surface area contributed by atoms with E-state index in [9.17, 15) is 9.50 Å². The summed E-state index contributed by atoms with van der Waals surface area (Å²) in [6, 6.07) is 6.27. The highest BCUT2D eigenvalue weighted by molar-refractivity contribution is 5.45. The summed E-state index contributed by atoms with van der Waals surface area (Å²) in [7, 11) is 1.89. The molecule has 0 radical (unpaired) electrons. The Labute approximate surface area is 102 Å². The lowest BCUT2D eigenvalue weighted by atomic mass is 10.2. The maximum absolute atomic E-state index is 12.7. The minimum absolute atomic E-state index is 0.243. The maximum atomic E-state index is 12.7. The van der Waals surface area contributed by atoms with E-state index in [1.807, 2.05) is 11.9 Å². The van der Waals surface area contributed by atoms with E-state index in [1.165, 1.54) is 12.1 Å². The first kappa shape index (κ1) is 13.9. The number of likely N-dealkylation sites (N-methyl/N-ethyl adjacent to an activating group) is 1. The van der Waals surface area contributed by atoms with E-state index in [2.05, 4.69) is 12.2 Å². The molecule has 1 aromatic carbocycles. The molecule has 0 aliphatic heterocycles. The van der Waals surface area contributed by atoms with Crippen LogP contribution in [-0.4, -0.2) is 37.9 Å². The Morgan fingerprint density at radius 3 is 2.59 bits per heavy atom. The van der Waals surface area contributed by atoms with Gasteiger partial charge in [0, 0.05) is 25.8 Å². The minimum atomic E-state index is -0.420. The number of hydrogen-bond acceptors (Lipinski definition) is 3. The van der Waals surface area contributed by atoms with Gasteiger partial charge in [-0.05, 0) is 37.2 Å². The van der Waals surface area contributed by atoms with Crippen molar-refractivity contribution >= 4 is 5.69 Å². The Morgan fingerprint density at radius 1 is 1.35 bits per heavy atom. The molecule has 0 bridgehead atoms. The maximum Gasteiger partial charge on any atom is 0.123 e. The van der Waals surface area contributed by atoms with Gasteiger partial charge in [-0.15, -0.1) is 0 Å². The number of nitrogens with one attached hydrogen (secondary N) is 1. The van der Waals surface area contributed by atoms with Gasteiger partial charge < -0.3 is 15.3 Å². The standard InChI is InChI=1S/C13H21FN2O/c1-3-8-15-9-13(17)10-16(2)12-6-4-11(14)5-7-12/h4-7,13,15,17H,3,8-10H2,1-2H3. The summed E-state index contributed by atoms with van der Waals surface area (Å²) in [4.78, 5) is 1.91. The molecule has 0 aromatic heterocycles. The van der Waals surface area contributed by atoms with E-state index < -0.39 is 6.10 Å². The Hall–Kier alpha value is -1.13. The third-order valence-electron chi connectivity index (χ3n) is 2.56. The molecule has 0 saturated carbocycles. The molecule has 0 fully saturated rings.